The van der Waals surface area contributed by atoms with E-state index in [9.17, 15) is 31.1 Å². The van der Waals surface area contributed by atoms with Crippen molar-refractivity contribution in [1.29, 1.82) is 0 Å². The number of halogens is 6. The minimum Gasteiger partial charge on any atom is -0.478 e. The van der Waals surface area contributed by atoms with Crippen molar-refractivity contribution >= 4 is 5.97 Å². The molecule has 0 saturated carbocycles. The Morgan fingerprint density at radius 3 is 2.05 bits per heavy atom. The fourth-order valence-electron chi connectivity index (χ4n) is 1.37. The minimum atomic E-state index is -4.95. The Morgan fingerprint density at radius 2 is 1.68 bits per heavy atom. The van der Waals surface area contributed by atoms with Gasteiger partial charge in [-0.15, -0.1) is 0 Å². The van der Waals surface area contributed by atoms with Gasteiger partial charge in [-0.1, -0.05) is 6.07 Å². The zero-order valence-electron chi connectivity index (χ0n) is 9.01. The van der Waals surface area contributed by atoms with Crippen LogP contribution in [0, 0.1) is 0 Å². The third-order valence-electron chi connectivity index (χ3n) is 2.30. The largest absolute Gasteiger partial charge is 0.478 e. The van der Waals surface area contributed by atoms with Gasteiger partial charge in [0.25, 0.3) is 0 Å². The van der Waals surface area contributed by atoms with Crippen molar-refractivity contribution in [3.8, 4) is 0 Å². The van der Waals surface area contributed by atoms with Crippen LogP contribution >= 0.6 is 0 Å². The molecule has 0 amide bonds. The molecule has 0 aromatic heterocycles. The molecule has 0 spiro atoms. The van der Waals surface area contributed by atoms with Crippen molar-refractivity contribution in [1.82, 2.24) is 0 Å². The van der Waals surface area contributed by atoms with E-state index in [4.69, 9.17) is 10.8 Å². The molecule has 0 unspecified atom stereocenters. The SMILES string of the molecule is N[C@@H](c1ccc(C(F)(F)F)cc1C(=O)O)C(F)(F)F. The fraction of sp³-hybridized carbons (Fsp3) is 0.300. The number of aromatic carboxylic acids is 1. The Morgan fingerprint density at radius 1 is 1.16 bits per heavy atom. The number of hydrogen-bond donors (Lipinski definition) is 2. The highest BCUT2D eigenvalue weighted by atomic mass is 19.4. The molecule has 1 aromatic carbocycles. The van der Waals surface area contributed by atoms with Crippen molar-refractivity contribution in [3.05, 3.63) is 34.9 Å². The van der Waals surface area contributed by atoms with Crippen molar-refractivity contribution < 1.29 is 36.2 Å². The number of carboxylic acid groups (broad SMARTS) is 1. The summed E-state index contributed by atoms with van der Waals surface area (Å²) in [6.45, 7) is 0. The van der Waals surface area contributed by atoms with Gasteiger partial charge < -0.3 is 10.8 Å². The van der Waals surface area contributed by atoms with E-state index in [1.54, 1.807) is 0 Å². The van der Waals surface area contributed by atoms with E-state index in [-0.39, 0.29) is 6.07 Å². The zero-order chi connectivity index (χ0) is 15.0. The van der Waals surface area contributed by atoms with Crippen LogP contribution in [-0.4, -0.2) is 17.3 Å². The lowest BCUT2D eigenvalue weighted by molar-refractivity contribution is -0.149. The minimum absolute atomic E-state index is 0.128. The van der Waals surface area contributed by atoms with Crippen LogP contribution in [0.5, 0.6) is 0 Å². The molecular weight excluding hydrogens is 280 g/mol. The lowest BCUT2D eigenvalue weighted by Crippen LogP contribution is -2.30. The molecule has 19 heavy (non-hydrogen) atoms. The zero-order valence-corrected chi connectivity index (χ0v) is 9.01. The number of carboxylic acids is 1. The quantitative estimate of drug-likeness (QED) is 0.822. The predicted octanol–water partition coefficient (Wildman–Crippen LogP) is 2.97. The van der Waals surface area contributed by atoms with E-state index in [0.29, 0.717) is 12.1 Å². The monoisotopic (exact) mass is 287 g/mol. The fourth-order valence-corrected chi connectivity index (χ4v) is 1.37. The number of carbonyl (C=O) groups is 1. The molecule has 1 atom stereocenters. The molecule has 0 aliphatic rings. The summed E-state index contributed by atoms with van der Waals surface area (Å²) in [6, 6.07) is -1.76. The molecule has 106 valence electrons. The van der Waals surface area contributed by atoms with Crippen LogP contribution in [0.1, 0.15) is 27.5 Å². The van der Waals surface area contributed by atoms with Gasteiger partial charge in [-0.3, -0.25) is 0 Å². The lowest BCUT2D eigenvalue weighted by Gasteiger charge is -2.19. The van der Waals surface area contributed by atoms with Gasteiger partial charge in [0.05, 0.1) is 11.1 Å². The third-order valence-corrected chi connectivity index (χ3v) is 2.30. The summed E-state index contributed by atoms with van der Waals surface area (Å²) < 4.78 is 74.2. The van der Waals surface area contributed by atoms with Crippen molar-refractivity contribution in [2.75, 3.05) is 0 Å². The Labute approximate surface area is 102 Å². The highest BCUT2D eigenvalue weighted by molar-refractivity contribution is 5.90. The van der Waals surface area contributed by atoms with Gasteiger partial charge in [0.1, 0.15) is 6.04 Å². The van der Waals surface area contributed by atoms with Crippen LogP contribution in [0.25, 0.3) is 0 Å². The maximum Gasteiger partial charge on any atom is 0.416 e. The van der Waals surface area contributed by atoms with Gasteiger partial charge in [-0.2, -0.15) is 26.3 Å². The summed E-state index contributed by atoms with van der Waals surface area (Å²) in [5.41, 5.74) is 1.39. The van der Waals surface area contributed by atoms with Crippen LogP contribution in [-0.2, 0) is 6.18 Å². The summed E-state index contributed by atoms with van der Waals surface area (Å²) in [5, 5.41) is 8.68. The molecule has 1 aromatic rings. The molecule has 0 fully saturated rings. The molecule has 0 aliphatic heterocycles. The molecule has 9 heteroatoms. The van der Waals surface area contributed by atoms with Crippen LogP contribution in [0.2, 0.25) is 0 Å². The highest BCUT2D eigenvalue weighted by Crippen LogP contribution is 2.35. The van der Waals surface area contributed by atoms with Gasteiger partial charge in [0, 0.05) is 0 Å². The van der Waals surface area contributed by atoms with E-state index in [1.165, 1.54) is 0 Å². The first-order valence-corrected chi connectivity index (χ1v) is 4.71. The first kappa shape index (κ1) is 15.3. The first-order chi connectivity index (χ1) is 8.44. The molecular formula is C10H7F6NO2. The summed E-state index contributed by atoms with van der Waals surface area (Å²) in [7, 11) is 0. The number of benzene rings is 1. The summed E-state index contributed by atoms with van der Waals surface area (Å²) in [6.07, 6.45) is -9.81. The molecule has 0 radical (unpaired) electrons. The molecule has 0 bridgehead atoms. The Hall–Kier alpha value is -1.77. The Kier molecular flexibility index (Phi) is 3.80. The second-order valence-corrected chi connectivity index (χ2v) is 3.62. The first-order valence-electron chi connectivity index (χ1n) is 4.71. The van der Waals surface area contributed by atoms with E-state index in [1.807, 2.05) is 0 Å². The van der Waals surface area contributed by atoms with Gasteiger partial charge in [-0.25, -0.2) is 4.79 Å². The summed E-state index contributed by atoms with van der Waals surface area (Å²) >= 11 is 0. The maximum atomic E-state index is 12.4. The molecule has 0 heterocycles. The van der Waals surface area contributed by atoms with E-state index in [2.05, 4.69) is 0 Å². The van der Waals surface area contributed by atoms with E-state index < -0.39 is 41.1 Å². The Bertz CT molecular complexity index is 494. The highest BCUT2D eigenvalue weighted by Gasteiger charge is 2.41. The van der Waals surface area contributed by atoms with Crippen LogP contribution in [0.15, 0.2) is 18.2 Å². The van der Waals surface area contributed by atoms with Crippen molar-refractivity contribution in [3.63, 3.8) is 0 Å². The number of nitrogens with two attached hydrogens (primary N) is 1. The second kappa shape index (κ2) is 4.72. The number of rotatable bonds is 2. The smallest absolute Gasteiger partial charge is 0.416 e. The van der Waals surface area contributed by atoms with Crippen LogP contribution < -0.4 is 5.73 Å². The van der Waals surface area contributed by atoms with E-state index in [0.717, 1.165) is 0 Å². The maximum absolute atomic E-state index is 12.4. The molecule has 0 aliphatic carbocycles. The van der Waals surface area contributed by atoms with Gasteiger partial charge in [0.15, 0.2) is 0 Å². The van der Waals surface area contributed by atoms with Gasteiger partial charge >= 0.3 is 18.3 Å². The average molecular weight is 287 g/mol. The second-order valence-electron chi connectivity index (χ2n) is 3.62. The van der Waals surface area contributed by atoms with Crippen molar-refractivity contribution in [2.45, 2.75) is 18.4 Å². The standard InChI is InChI=1S/C10H7F6NO2/c11-9(12,13)4-1-2-5(6(3-4)8(18)19)7(17)10(14,15)16/h1-3,7H,17H2,(H,18,19)/t7-/m0/s1. The van der Waals surface area contributed by atoms with Gasteiger partial charge in [0.2, 0.25) is 0 Å². The molecule has 3 nitrogen and oxygen atoms in total. The van der Waals surface area contributed by atoms with E-state index >= 15 is 0 Å². The van der Waals surface area contributed by atoms with Crippen LogP contribution in [0.3, 0.4) is 0 Å². The molecule has 3 N–H and O–H groups in total. The third kappa shape index (κ3) is 3.37. The number of alkyl halides is 6. The normalized spacial score (nSPS) is 14.3. The lowest BCUT2D eigenvalue weighted by atomic mass is 9.98. The molecule has 0 saturated heterocycles. The summed E-state index contributed by atoms with van der Waals surface area (Å²) in [4.78, 5) is 10.7. The number of hydrogen-bond acceptors (Lipinski definition) is 2. The molecule has 1 rings (SSSR count). The van der Waals surface area contributed by atoms with Crippen molar-refractivity contribution in [2.24, 2.45) is 5.73 Å². The predicted molar refractivity (Wildman–Crippen MR) is 51.4 cm³/mol. The summed E-state index contributed by atoms with van der Waals surface area (Å²) in [5.74, 6) is -1.92. The van der Waals surface area contributed by atoms with Crippen LogP contribution in [0.4, 0.5) is 26.3 Å². The Balaban J connectivity index is 3.39. The average Bonchev–Trinajstić information content (AvgIpc) is 2.24. The van der Waals surface area contributed by atoms with Gasteiger partial charge in [-0.05, 0) is 17.7 Å². The topological polar surface area (TPSA) is 63.3 Å².